The number of aromatic amines is 1. The number of rotatable bonds is 4. The first-order valence-corrected chi connectivity index (χ1v) is 11.8. The normalized spacial score (nSPS) is 22.0. The molecule has 2 aliphatic heterocycles. The van der Waals surface area contributed by atoms with E-state index >= 15 is 0 Å². The van der Waals surface area contributed by atoms with Gasteiger partial charge in [0.25, 0.3) is 11.5 Å². The number of pyridine rings is 1. The number of hydrogen-bond donors (Lipinski definition) is 1. The minimum absolute atomic E-state index is 0.0995. The van der Waals surface area contributed by atoms with Gasteiger partial charge in [-0.05, 0) is 50.2 Å². The second-order valence-corrected chi connectivity index (χ2v) is 9.26. The molecule has 33 heavy (non-hydrogen) atoms. The van der Waals surface area contributed by atoms with Crippen LogP contribution in [0.4, 0.5) is 0 Å². The number of fused-ring (bicyclic) bond motifs is 1. The number of nitrogens with zero attached hydrogens (tertiary/aromatic N) is 4. The Labute approximate surface area is 192 Å². The molecule has 0 unspecified atom stereocenters. The smallest absolute Gasteiger partial charge is 0.256 e. The van der Waals surface area contributed by atoms with Gasteiger partial charge in [-0.3, -0.25) is 19.4 Å². The van der Waals surface area contributed by atoms with Crippen molar-refractivity contribution < 1.29 is 9.59 Å². The largest absolute Gasteiger partial charge is 0.334 e. The molecule has 2 aromatic rings. The van der Waals surface area contributed by atoms with E-state index < -0.39 is 0 Å². The van der Waals surface area contributed by atoms with E-state index in [-0.39, 0.29) is 30.0 Å². The summed E-state index contributed by atoms with van der Waals surface area (Å²) >= 11 is 0. The van der Waals surface area contributed by atoms with Gasteiger partial charge in [-0.1, -0.05) is 12.2 Å². The molecule has 5 rings (SSSR count). The average Bonchev–Trinajstić information content (AvgIpc) is 3.51. The lowest BCUT2D eigenvalue weighted by molar-refractivity contribution is -0.133. The highest BCUT2D eigenvalue weighted by Gasteiger charge is 2.34. The Morgan fingerprint density at radius 2 is 2.12 bits per heavy atom. The molecule has 1 N–H and O–H groups in total. The Morgan fingerprint density at radius 1 is 1.24 bits per heavy atom. The maximum atomic E-state index is 13.0. The molecule has 3 aliphatic rings. The lowest BCUT2D eigenvalue weighted by Gasteiger charge is -2.30. The predicted octanol–water partition coefficient (Wildman–Crippen LogP) is 2.69. The molecule has 2 amide bonds. The first kappa shape index (κ1) is 21.6. The summed E-state index contributed by atoms with van der Waals surface area (Å²) < 4.78 is 0. The van der Waals surface area contributed by atoms with Crippen LogP contribution < -0.4 is 5.56 Å². The number of hydrogen-bond acceptors (Lipinski definition) is 5. The van der Waals surface area contributed by atoms with Gasteiger partial charge in [-0.15, -0.1) is 0 Å². The Balaban J connectivity index is 1.34. The van der Waals surface area contributed by atoms with Crippen LogP contribution in [0.3, 0.4) is 0 Å². The monoisotopic (exact) mass is 447 g/mol. The quantitative estimate of drug-likeness (QED) is 0.727. The predicted molar refractivity (Wildman–Crippen MR) is 122 cm³/mol. The van der Waals surface area contributed by atoms with Gasteiger partial charge in [-0.2, -0.15) is 0 Å². The molecule has 1 aliphatic carbocycles. The average molecular weight is 448 g/mol. The van der Waals surface area contributed by atoms with Crippen LogP contribution in [0.15, 0.2) is 35.4 Å². The fraction of sp³-hybridized carbons (Fsp3) is 0.480. The Hall–Kier alpha value is -3.29. The van der Waals surface area contributed by atoms with E-state index in [9.17, 15) is 14.4 Å². The van der Waals surface area contributed by atoms with Crippen molar-refractivity contribution in [3.63, 3.8) is 0 Å². The van der Waals surface area contributed by atoms with Crippen molar-refractivity contribution in [2.75, 3.05) is 13.1 Å². The summed E-state index contributed by atoms with van der Waals surface area (Å²) in [6.45, 7) is 3.30. The van der Waals surface area contributed by atoms with Gasteiger partial charge in [0.15, 0.2) is 0 Å². The Morgan fingerprint density at radius 3 is 2.91 bits per heavy atom. The lowest BCUT2D eigenvalue weighted by Crippen LogP contribution is -2.41. The summed E-state index contributed by atoms with van der Waals surface area (Å²) in [5.41, 5.74) is 2.48. The number of aryl methyl sites for hydroxylation is 1. The molecular weight excluding hydrogens is 418 g/mol. The Bertz CT molecular complexity index is 1170. The minimum Gasteiger partial charge on any atom is -0.334 e. The molecule has 4 heterocycles. The van der Waals surface area contributed by atoms with Crippen molar-refractivity contribution in [3.05, 3.63) is 69.2 Å². The van der Waals surface area contributed by atoms with Crippen LogP contribution in [0.5, 0.6) is 0 Å². The van der Waals surface area contributed by atoms with Crippen LogP contribution in [-0.4, -0.2) is 49.7 Å². The third-order valence-electron chi connectivity index (χ3n) is 7.06. The van der Waals surface area contributed by atoms with Crippen molar-refractivity contribution in [1.82, 2.24) is 24.8 Å². The first-order valence-electron chi connectivity index (χ1n) is 11.8. The molecule has 0 radical (unpaired) electrons. The molecule has 8 nitrogen and oxygen atoms in total. The van der Waals surface area contributed by atoms with Crippen LogP contribution >= 0.6 is 0 Å². The number of H-pyrrole nitrogens is 1. The standard InChI is InChI=1S/C25H29N5O3/c1-16-14-26-10-8-18(16)25(33)29-12-9-20-19(15-29)24(32)28-23(27-20)21-7-4-11-30(21)22(31)13-17-5-2-3-6-17/h2,5,8,10,14,17,21H,3-4,6-7,9,11-13,15H2,1H3,(H,27,28,32)/t17-,21+/m1/s1. The van der Waals surface area contributed by atoms with Crippen LogP contribution in [0, 0.1) is 12.8 Å². The number of likely N-dealkylation sites (tertiary alicyclic amines) is 1. The molecule has 1 saturated heterocycles. The molecule has 1 fully saturated rings. The van der Waals surface area contributed by atoms with Crippen LogP contribution in [-0.2, 0) is 17.8 Å². The van der Waals surface area contributed by atoms with Gasteiger partial charge in [0.2, 0.25) is 5.91 Å². The summed E-state index contributed by atoms with van der Waals surface area (Å²) in [5.74, 6) is 0.939. The highest BCUT2D eigenvalue weighted by Crippen LogP contribution is 2.32. The summed E-state index contributed by atoms with van der Waals surface area (Å²) in [5, 5.41) is 0. The van der Waals surface area contributed by atoms with Crippen molar-refractivity contribution in [2.24, 2.45) is 5.92 Å². The van der Waals surface area contributed by atoms with E-state index in [1.165, 1.54) is 0 Å². The van der Waals surface area contributed by atoms with Crippen LogP contribution in [0.25, 0.3) is 0 Å². The topological polar surface area (TPSA) is 99.3 Å². The fourth-order valence-corrected chi connectivity index (χ4v) is 5.22. The maximum Gasteiger partial charge on any atom is 0.256 e. The summed E-state index contributed by atoms with van der Waals surface area (Å²) in [6, 6.07) is 1.53. The highest BCUT2D eigenvalue weighted by atomic mass is 16.2. The van der Waals surface area contributed by atoms with E-state index in [1.807, 2.05) is 11.8 Å². The van der Waals surface area contributed by atoms with Gasteiger partial charge in [-0.25, -0.2) is 4.98 Å². The Kier molecular flexibility index (Phi) is 5.83. The second kappa shape index (κ2) is 8.92. The molecule has 0 spiro atoms. The number of carbonyl (C=O) groups is 2. The molecule has 0 bridgehead atoms. The molecule has 0 saturated carbocycles. The van der Waals surface area contributed by atoms with Crippen molar-refractivity contribution in [1.29, 1.82) is 0 Å². The van der Waals surface area contributed by atoms with Gasteiger partial charge in [0.1, 0.15) is 5.82 Å². The molecule has 172 valence electrons. The summed E-state index contributed by atoms with van der Waals surface area (Å²) in [4.78, 5) is 54.3. The summed E-state index contributed by atoms with van der Waals surface area (Å²) in [7, 11) is 0. The number of aromatic nitrogens is 3. The van der Waals surface area contributed by atoms with Crippen molar-refractivity contribution in [3.8, 4) is 0 Å². The number of nitrogens with one attached hydrogen (secondary N) is 1. The molecule has 0 aromatic carbocycles. The van der Waals surface area contributed by atoms with Gasteiger partial charge >= 0.3 is 0 Å². The highest BCUT2D eigenvalue weighted by molar-refractivity contribution is 5.95. The zero-order chi connectivity index (χ0) is 22.9. The van der Waals surface area contributed by atoms with Gasteiger partial charge < -0.3 is 14.8 Å². The maximum absolute atomic E-state index is 13.0. The zero-order valence-corrected chi connectivity index (χ0v) is 18.9. The van der Waals surface area contributed by atoms with E-state index in [2.05, 4.69) is 22.1 Å². The van der Waals surface area contributed by atoms with E-state index in [0.717, 1.165) is 36.9 Å². The number of carbonyl (C=O) groups excluding carboxylic acids is 2. The molecule has 2 aromatic heterocycles. The third-order valence-corrected chi connectivity index (χ3v) is 7.06. The first-order chi connectivity index (χ1) is 16.0. The van der Waals surface area contributed by atoms with E-state index in [4.69, 9.17) is 4.98 Å². The van der Waals surface area contributed by atoms with E-state index in [1.54, 1.807) is 23.4 Å². The molecule has 2 atom stereocenters. The van der Waals surface area contributed by atoms with Gasteiger partial charge in [0, 0.05) is 43.9 Å². The second-order valence-electron chi connectivity index (χ2n) is 9.26. The number of amides is 2. The third kappa shape index (κ3) is 4.21. The molecular formula is C25H29N5O3. The summed E-state index contributed by atoms with van der Waals surface area (Å²) in [6.07, 6.45) is 12.4. The van der Waals surface area contributed by atoms with Crippen molar-refractivity contribution >= 4 is 11.8 Å². The van der Waals surface area contributed by atoms with Crippen LogP contribution in [0.1, 0.15) is 71.1 Å². The van der Waals surface area contributed by atoms with Crippen LogP contribution in [0.2, 0.25) is 0 Å². The van der Waals surface area contributed by atoms with Gasteiger partial charge in [0.05, 0.1) is 23.8 Å². The van der Waals surface area contributed by atoms with E-state index in [0.29, 0.717) is 48.8 Å². The fourth-order valence-electron chi connectivity index (χ4n) is 5.22. The number of allylic oxidation sites excluding steroid dienone is 2. The minimum atomic E-state index is -0.211. The SMILES string of the molecule is Cc1cnccc1C(=O)N1CCc2nc([C@@H]3CCCN3C(=O)C[C@@H]3C=CCC3)[nH]c(=O)c2C1. The lowest BCUT2D eigenvalue weighted by atomic mass is 10.0. The molecule has 8 heteroatoms. The van der Waals surface area contributed by atoms with Crippen molar-refractivity contribution in [2.45, 2.75) is 58.0 Å². The zero-order valence-electron chi connectivity index (χ0n) is 18.9.